The highest BCUT2D eigenvalue weighted by Gasteiger charge is 2.17. The fourth-order valence-electron chi connectivity index (χ4n) is 2.26. The van der Waals surface area contributed by atoms with E-state index in [1.165, 1.54) is 25.3 Å². The predicted molar refractivity (Wildman–Crippen MR) is 77.0 cm³/mol. The normalized spacial score (nSPS) is 15.4. The summed E-state index contributed by atoms with van der Waals surface area (Å²) in [5.74, 6) is 0.701. The maximum atomic E-state index is 13.7. The Bertz CT molecular complexity index is 430. The summed E-state index contributed by atoms with van der Waals surface area (Å²) in [6.07, 6.45) is 5.12. The number of nitrogens with two attached hydrogens (primary N) is 1. The molecule has 1 aromatic rings. The van der Waals surface area contributed by atoms with E-state index in [1.54, 1.807) is 6.07 Å². The molecular weight excluding hydrogens is 243 g/mol. The molecule has 1 fully saturated rings. The molecule has 3 N–H and O–H groups in total. The number of hydrogen-bond donors (Lipinski definition) is 2. The van der Waals surface area contributed by atoms with E-state index in [0.29, 0.717) is 5.69 Å². The van der Waals surface area contributed by atoms with E-state index in [-0.39, 0.29) is 11.9 Å². The molecule has 0 aliphatic heterocycles. The maximum absolute atomic E-state index is 13.7. The monoisotopic (exact) mass is 266 g/mol. The highest BCUT2D eigenvalue weighted by Crippen LogP contribution is 2.31. The zero-order valence-corrected chi connectivity index (χ0v) is 11.7. The molecule has 1 aromatic carbocycles. The molecule has 0 radical (unpaired) electrons. The molecule has 3 nitrogen and oxygen atoms in total. The van der Waals surface area contributed by atoms with Gasteiger partial charge in [0.25, 0.3) is 0 Å². The molecule has 0 heterocycles. The molecular formula is C15H23FN2O. The van der Waals surface area contributed by atoms with Crippen molar-refractivity contribution in [2.75, 3.05) is 17.6 Å². The third-order valence-electron chi connectivity index (χ3n) is 3.56. The minimum Gasteiger partial charge on any atom is -0.488 e. The number of anilines is 2. The molecule has 106 valence electrons. The van der Waals surface area contributed by atoms with Crippen LogP contribution in [0.15, 0.2) is 12.1 Å². The van der Waals surface area contributed by atoms with Crippen molar-refractivity contribution in [3.63, 3.8) is 0 Å². The summed E-state index contributed by atoms with van der Waals surface area (Å²) in [6, 6.07) is 2.98. The summed E-state index contributed by atoms with van der Waals surface area (Å²) in [4.78, 5) is 0. The molecule has 19 heavy (non-hydrogen) atoms. The number of nitrogen functional groups attached to an aromatic ring is 1. The minimum atomic E-state index is -0.407. The Morgan fingerprint density at radius 1 is 1.42 bits per heavy atom. The lowest BCUT2D eigenvalue weighted by Gasteiger charge is -2.25. The molecule has 0 bridgehead atoms. The van der Waals surface area contributed by atoms with Crippen molar-refractivity contribution in [2.24, 2.45) is 5.92 Å². The van der Waals surface area contributed by atoms with Gasteiger partial charge in [-0.3, -0.25) is 0 Å². The van der Waals surface area contributed by atoms with E-state index in [0.717, 1.165) is 24.6 Å². The van der Waals surface area contributed by atoms with Crippen molar-refractivity contribution >= 4 is 11.4 Å². The zero-order valence-electron chi connectivity index (χ0n) is 11.7. The Balaban J connectivity index is 1.97. The summed E-state index contributed by atoms with van der Waals surface area (Å²) < 4.78 is 19.1. The second kappa shape index (κ2) is 6.13. The van der Waals surface area contributed by atoms with E-state index in [2.05, 4.69) is 5.32 Å². The van der Waals surface area contributed by atoms with Crippen LogP contribution in [0.3, 0.4) is 0 Å². The first-order chi connectivity index (χ1) is 9.06. The topological polar surface area (TPSA) is 47.3 Å². The molecule has 0 unspecified atom stereocenters. The molecule has 1 saturated carbocycles. The van der Waals surface area contributed by atoms with Crippen molar-refractivity contribution in [2.45, 2.75) is 45.6 Å². The van der Waals surface area contributed by atoms with Crippen molar-refractivity contribution < 1.29 is 9.13 Å². The summed E-state index contributed by atoms with van der Waals surface area (Å²) >= 11 is 0. The smallest absolute Gasteiger partial charge is 0.167 e. The zero-order chi connectivity index (χ0) is 13.8. The van der Waals surface area contributed by atoms with Crippen molar-refractivity contribution in [1.29, 1.82) is 0 Å². The summed E-state index contributed by atoms with van der Waals surface area (Å²) in [7, 11) is 0. The Morgan fingerprint density at radius 3 is 2.74 bits per heavy atom. The van der Waals surface area contributed by atoms with Crippen LogP contribution in [0.25, 0.3) is 0 Å². The van der Waals surface area contributed by atoms with E-state index in [9.17, 15) is 4.39 Å². The molecule has 0 saturated heterocycles. The van der Waals surface area contributed by atoms with Gasteiger partial charge in [-0.25, -0.2) is 4.39 Å². The summed E-state index contributed by atoms with van der Waals surface area (Å²) in [5.41, 5.74) is 7.02. The lowest BCUT2D eigenvalue weighted by atomic mass is 9.83. The fourth-order valence-corrected chi connectivity index (χ4v) is 2.26. The molecule has 1 aliphatic rings. The summed E-state index contributed by atoms with van der Waals surface area (Å²) in [5, 5.41) is 3.28. The third-order valence-corrected chi connectivity index (χ3v) is 3.56. The van der Waals surface area contributed by atoms with Crippen LogP contribution in [-0.4, -0.2) is 12.6 Å². The van der Waals surface area contributed by atoms with Gasteiger partial charge >= 0.3 is 0 Å². The first-order valence-corrected chi connectivity index (χ1v) is 7.06. The van der Waals surface area contributed by atoms with Gasteiger partial charge in [-0.05, 0) is 26.2 Å². The molecule has 2 rings (SSSR count). The average Bonchev–Trinajstić information content (AvgIpc) is 2.27. The van der Waals surface area contributed by atoms with Crippen LogP contribution in [0.4, 0.5) is 15.8 Å². The first-order valence-electron chi connectivity index (χ1n) is 7.06. The van der Waals surface area contributed by atoms with Gasteiger partial charge < -0.3 is 15.8 Å². The van der Waals surface area contributed by atoms with Crippen LogP contribution in [0.5, 0.6) is 5.75 Å². The largest absolute Gasteiger partial charge is 0.488 e. The van der Waals surface area contributed by atoms with Gasteiger partial charge in [0, 0.05) is 18.7 Å². The molecule has 0 spiro atoms. The molecule has 4 heteroatoms. The Kier molecular flexibility index (Phi) is 4.51. The minimum absolute atomic E-state index is 0.0547. The maximum Gasteiger partial charge on any atom is 0.167 e. The highest BCUT2D eigenvalue weighted by atomic mass is 19.1. The van der Waals surface area contributed by atoms with Gasteiger partial charge in [-0.1, -0.05) is 19.3 Å². The number of halogens is 1. The highest BCUT2D eigenvalue weighted by molar-refractivity contribution is 5.68. The number of nitrogens with one attached hydrogen (secondary N) is 1. The van der Waals surface area contributed by atoms with Crippen LogP contribution in [0.2, 0.25) is 0 Å². The number of rotatable bonds is 6. The second-order valence-electron chi connectivity index (χ2n) is 5.55. The lowest BCUT2D eigenvalue weighted by molar-refractivity contribution is 0.231. The van der Waals surface area contributed by atoms with Gasteiger partial charge in [0.15, 0.2) is 11.6 Å². The van der Waals surface area contributed by atoms with E-state index >= 15 is 0 Å². The summed E-state index contributed by atoms with van der Waals surface area (Å²) in [6.45, 7) is 4.63. The van der Waals surface area contributed by atoms with E-state index < -0.39 is 5.82 Å². The van der Waals surface area contributed by atoms with Crippen LogP contribution in [0.1, 0.15) is 39.5 Å². The van der Waals surface area contributed by atoms with Gasteiger partial charge in [0.2, 0.25) is 0 Å². The van der Waals surface area contributed by atoms with Crippen LogP contribution in [0, 0.1) is 11.7 Å². The average molecular weight is 266 g/mol. The van der Waals surface area contributed by atoms with Gasteiger partial charge in [0.1, 0.15) is 0 Å². The standard InChI is InChI=1S/C15H23FN2O/c1-10(2)19-15-9-14(13(17)8-12(15)16)18-7-6-11-4-3-5-11/h8-11,18H,3-7,17H2,1-2H3. The van der Waals surface area contributed by atoms with E-state index in [1.807, 2.05) is 13.8 Å². The fraction of sp³-hybridized carbons (Fsp3) is 0.600. The van der Waals surface area contributed by atoms with Crippen LogP contribution >= 0.6 is 0 Å². The van der Waals surface area contributed by atoms with Crippen molar-refractivity contribution in [3.05, 3.63) is 17.9 Å². The molecule has 1 aliphatic carbocycles. The van der Waals surface area contributed by atoms with Crippen molar-refractivity contribution in [3.8, 4) is 5.75 Å². The number of hydrogen-bond acceptors (Lipinski definition) is 3. The molecule has 0 aromatic heterocycles. The van der Waals surface area contributed by atoms with Crippen molar-refractivity contribution in [1.82, 2.24) is 0 Å². The van der Waals surface area contributed by atoms with Gasteiger partial charge in [0.05, 0.1) is 17.5 Å². The number of ether oxygens (including phenoxy) is 1. The quantitative estimate of drug-likeness (QED) is 0.770. The van der Waals surface area contributed by atoms with Crippen LogP contribution < -0.4 is 15.8 Å². The van der Waals surface area contributed by atoms with Crippen LogP contribution in [-0.2, 0) is 0 Å². The lowest BCUT2D eigenvalue weighted by Crippen LogP contribution is -2.16. The first kappa shape index (κ1) is 14.0. The Morgan fingerprint density at radius 2 is 2.16 bits per heavy atom. The Labute approximate surface area is 114 Å². The SMILES string of the molecule is CC(C)Oc1cc(NCCC2CCC2)c(N)cc1F. The molecule has 0 amide bonds. The molecule has 0 atom stereocenters. The Hall–Kier alpha value is -1.45. The van der Waals surface area contributed by atoms with E-state index in [4.69, 9.17) is 10.5 Å². The van der Waals surface area contributed by atoms with Gasteiger partial charge in [-0.2, -0.15) is 0 Å². The predicted octanol–water partition coefficient (Wildman–Crippen LogP) is 3.80. The number of benzene rings is 1. The van der Waals surface area contributed by atoms with Gasteiger partial charge in [-0.15, -0.1) is 0 Å². The second-order valence-corrected chi connectivity index (χ2v) is 5.55. The third kappa shape index (κ3) is 3.75.